The number of aliphatic hydroxyl groups is 1. The highest BCUT2D eigenvalue weighted by atomic mass is 79.9. The SMILES string of the molecule is CCOC(=O)[C@H]1Cc2cc(Br)ccc2[C@H]1O. The van der Waals surface area contributed by atoms with Gasteiger partial charge in [0.25, 0.3) is 0 Å². The minimum atomic E-state index is -0.734. The number of hydrogen-bond acceptors (Lipinski definition) is 3. The molecule has 1 aromatic rings. The normalized spacial score (nSPS) is 22.9. The second-order valence-electron chi connectivity index (χ2n) is 3.85. The van der Waals surface area contributed by atoms with Gasteiger partial charge in [-0.25, -0.2) is 0 Å². The lowest BCUT2D eigenvalue weighted by atomic mass is 10.0. The summed E-state index contributed by atoms with van der Waals surface area (Å²) < 4.78 is 5.91. The van der Waals surface area contributed by atoms with Crippen LogP contribution in [0.15, 0.2) is 22.7 Å². The van der Waals surface area contributed by atoms with Crippen molar-refractivity contribution in [1.29, 1.82) is 0 Å². The number of ether oxygens (including phenoxy) is 1. The smallest absolute Gasteiger partial charge is 0.312 e. The highest BCUT2D eigenvalue weighted by molar-refractivity contribution is 9.10. The first-order chi connectivity index (χ1) is 7.63. The number of fused-ring (bicyclic) bond motifs is 1. The van der Waals surface area contributed by atoms with Gasteiger partial charge in [-0.1, -0.05) is 22.0 Å². The van der Waals surface area contributed by atoms with Crippen LogP contribution in [-0.4, -0.2) is 17.7 Å². The highest BCUT2D eigenvalue weighted by Gasteiger charge is 2.36. The molecule has 0 bridgehead atoms. The molecule has 0 amide bonds. The predicted octanol–water partition coefficient (Wildman–Crippen LogP) is 2.22. The molecule has 0 fully saturated rings. The maximum Gasteiger partial charge on any atom is 0.312 e. The lowest BCUT2D eigenvalue weighted by Crippen LogP contribution is -2.21. The molecule has 0 unspecified atom stereocenters. The van der Waals surface area contributed by atoms with E-state index >= 15 is 0 Å². The third kappa shape index (κ3) is 1.99. The van der Waals surface area contributed by atoms with Crippen LogP contribution in [0.2, 0.25) is 0 Å². The van der Waals surface area contributed by atoms with Gasteiger partial charge in [-0.3, -0.25) is 4.79 Å². The van der Waals surface area contributed by atoms with E-state index in [0.29, 0.717) is 13.0 Å². The molecule has 0 saturated heterocycles. The number of benzene rings is 1. The Balaban J connectivity index is 2.23. The second kappa shape index (κ2) is 4.55. The van der Waals surface area contributed by atoms with E-state index in [1.165, 1.54) is 0 Å². The molecule has 2 atom stereocenters. The average Bonchev–Trinajstić information content (AvgIpc) is 2.56. The Morgan fingerprint density at radius 1 is 1.62 bits per heavy atom. The molecule has 0 spiro atoms. The van der Waals surface area contributed by atoms with E-state index in [1.807, 2.05) is 18.2 Å². The van der Waals surface area contributed by atoms with Crippen molar-refractivity contribution in [2.75, 3.05) is 6.61 Å². The number of esters is 1. The van der Waals surface area contributed by atoms with Crippen LogP contribution >= 0.6 is 15.9 Å². The lowest BCUT2D eigenvalue weighted by molar-refractivity contribution is -0.151. The molecule has 86 valence electrons. The van der Waals surface area contributed by atoms with Gasteiger partial charge in [0.1, 0.15) is 0 Å². The Kier molecular flexibility index (Phi) is 3.30. The van der Waals surface area contributed by atoms with E-state index in [4.69, 9.17) is 4.74 Å². The molecule has 16 heavy (non-hydrogen) atoms. The Hall–Kier alpha value is -0.870. The molecule has 3 nitrogen and oxygen atoms in total. The Labute approximate surface area is 103 Å². The van der Waals surface area contributed by atoms with Crippen molar-refractivity contribution in [2.24, 2.45) is 5.92 Å². The summed E-state index contributed by atoms with van der Waals surface area (Å²) in [4.78, 5) is 11.6. The summed E-state index contributed by atoms with van der Waals surface area (Å²) >= 11 is 3.37. The van der Waals surface area contributed by atoms with Gasteiger partial charge in [0.15, 0.2) is 0 Å². The van der Waals surface area contributed by atoms with Crippen LogP contribution in [0, 0.1) is 5.92 Å². The fraction of sp³-hybridized carbons (Fsp3) is 0.417. The molecule has 1 N–H and O–H groups in total. The van der Waals surface area contributed by atoms with Crippen molar-refractivity contribution < 1.29 is 14.6 Å². The van der Waals surface area contributed by atoms with Crippen LogP contribution in [-0.2, 0) is 16.0 Å². The minimum absolute atomic E-state index is 0.317. The second-order valence-corrected chi connectivity index (χ2v) is 4.77. The molecular weight excluding hydrogens is 272 g/mol. The number of carbonyl (C=O) groups excluding carboxylic acids is 1. The summed E-state index contributed by atoms with van der Waals surface area (Å²) in [5, 5.41) is 10.0. The van der Waals surface area contributed by atoms with Crippen molar-refractivity contribution in [3.05, 3.63) is 33.8 Å². The van der Waals surface area contributed by atoms with Gasteiger partial charge in [0.05, 0.1) is 18.6 Å². The van der Waals surface area contributed by atoms with Gasteiger partial charge < -0.3 is 9.84 Å². The molecule has 0 saturated carbocycles. The summed E-state index contributed by atoms with van der Waals surface area (Å²) in [5.74, 6) is -0.772. The summed E-state index contributed by atoms with van der Waals surface area (Å²) in [7, 11) is 0. The number of carbonyl (C=O) groups is 1. The van der Waals surface area contributed by atoms with Crippen LogP contribution < -0.4 is 0 Å². The van der Waals surface area contributed by atoms with Gasteiger partial charge in [-0.05, 0) is 36.6 Å². The molecular formula is C12H13BrO3. The van der Waals surface area contributed by atoms with Crippen molar-refractivity contribution in [3.63, 3.8) is 0 Å². The summed E-state index contributed by atoms with van der Waals surface area (Å²) in [5.41, 5.74) is 1.85. The number of aliphatic hydroxyl groups excluding tert-OH is 1. The third-order valence-corrected chi connectivity index (χ3v) is 3.33. The van der Waals surface area contributed by atoms with Gasteiger partial charge in [-0.15, -0.1) is 0 Å². The summed E-state index contributed by atoms with van der Waals surface area (Å²) in [6.45, 7) is 2.12. The fourth-order valence-electron chi connectivity index (χ4n) is 2.07. The van der Waals surface area contributed by atoms with Gasteiger partial charge >= 0.3 is 5.97 Å². The first-order valence-corrected chi connectivity index (χ1v) is 6.05. The van der Waals surface area contributed by atoms with E-state index in [2.05, 4.69) is 15.9 Å². The van der Waals surface area contributed by atoms with E-state index in [-0.39, 0.29) is 5.97 Å². The number of hydrogen-bond donors (Lipinski definition) is 1. The van der Waals surface area contributed by atoms with Crippen molar-refractivity contribution in [1.82, 2.24) is 0 Å². The standard InChI is InChI=1S/C12H13BrO3/c1-2-16-12(15)10-6-7-5-8(13)3-4-9(7)11(10)14/h3-5,10-11,14H,2,6H2,1H3/t10-,11+/m0/s1. The maximum absolute atomic E-state index is 11.6. The zero-order valence-corrected chi connectivity index (χ0v) is 10.5. The molecule has 0 heterocycles. The Morgan fingerprint density at radius 2 is 2.38 bits per heavy atom. The van der Waals surface area contributed by atoms with Gasteiger partial charge in [0, 0.05) is 4.47 Å². The van der Waals surface area contributed by atoms with Crippen LogP contribution in [0.5, 0.6) is 0 Å². The van der Waals surface area contributed by atoms with Crippen molar-refractivity contribution in [2.45, 2.75) is 19.4 Å². The molecule has 1 aliphatic carbocycles. The average molecular weight is 285 g/mol. The van der Waals surface area contributed by atoms with Crippen molar-refractivity contribution in [3.8, 4) is 0 Å². The van der Waals surface area contributed by atoms with E-state index in [0.717, 1.165) is 15.6 Å². The maximum atomic E-state index is 11.6. The molecule has 1 aromatic carbocycles. The zero-order valence-electron chi connectivity index (χ0n) is 8.94. The first-order valence-electron chi connectivity index (χ1n) is 5.26. The lowest BCUT2D eigenvalue weighted by Gasteiger charge is -2.13. The first kappa shape index (κ1) is 11.6. The van der Waals surface area contributed by atoms with Crippen molar-refractivity contribution >= 4 is 21.9 Å². The molecule has 4 heteroatoms. The Morgan fingerprint density at radius 3 is 3.06 bits per heavy atom. The fourth-order valence-corrected chi connectivity index (χ4v) is 2.47. The minimum Gasteiger partial charge on any atom is -0.466 e. The van der Waals surface area contributed by atoms with Crippen LogP contribution in [0.4, 0.5) is 0 Å². The van der Waals surface area contributed by atoms with Crippen LogP contribution in [0.1, 0.15) is 24.2 Å². The molecule has 0 aromatic heterocycles. The highest BCUT2D eigenvalue weighted by Crippen LogP contribution is 2.37. The van der Waals surface area contributed by atoms with Crippen LogP contribution in [0.25, 0.3) is 0 Å². The van der Waals surface area contributed by atoms with Gasteiger partial charge in [-0.2, -0.15) is 0 Å². The summed E-state index contributed by atoms with van der Waals surface area (Å²) in [6, 6.07) is 5.66. The van der Waals surface area contributed by atoms with E-state index in [1.54, 1.807) is 6.92 Å². The number of halogens is 1. The monoisotopic (exact) mass is 284 g/mol. The zero-order chi connectivity index (χ0) is 11.7. The third-order valence-electron chi connectivity index (χ3n) is 2.83. The quantitative estimate of drug-likeness (QED) is 0.847. The van der Waals surface area contributed by atoms with Gasteiger partial charge in [0.2, 0.25) is 0 Å². The molecule has 0 radical (unpaired) electrons. The molecule has 0 aliphatic heterocycles. The largest absolute Gasteiger partial charge is 0.466 e. The molecule has 1 aliphatic rings. The van der Waals surface area contributed by atoms with Crippen LogP contribution in [0.3, 0.4) is 0 Å². The molecule has 2 rings (SSSR count). The van der Waals surface area contributed by atoms with E-state index in [9.17, 15) is 9.90 Å². The number of rotatable bonds is 2. The Bertz CT molecular complexity index is 417. The topological polar surface area (TPSA) is 46.5 Å². The summed E-state index contributed by atoms with van der Waals surface area (Å²) in [6.07, 6.45) is -0.184. The van der Waals surface area contributed by atoms with E-state index < -0.39 is 12.0 Å². The predicted molar refractivity (Wildman–Crippen MR) is 62.9 cm³/mol.